The second-order valence-electron chi connectivity index (χ2n) is 3.31. The maximum Gasteiger partial charge on any atom is 0.327 e. The second-order valence-corrected chi connectivity index (χ2v) is 3.72. The third-order valence-electron chi connectivity index (χ3n) is 2.08. The minimum Gasteiger partial charge on any atom is -0.467 e. The molecule has 1 rings (SSSR count). The third kappa shape index (κ3) is 3.32. The SMILES string of the molecule is COC(=O)C(C)Nc1ccc([N+](=O)[O-])c(Cl)c1. The number of benzene rings is 1. The standard InChI is InChI=1S/C10H11ClN2O4/c1-6(10(14)17-2)12-7-3-4-9(13(15)16)8(11)5-7/h3-6,12H,1-2H3. The number of nitro groups is 1. The van der Waals surface area contributed by atoms with Gasteiger partial charge in [-0.15, -0.1) is 0 Å². The van der Waals surface area contributed by atoms with Crippen molar-refractivity contribution in [2.45, 2.75) is 13.0 Å². The van der Waals surface area contributed by atoms with Gasteiger partial charge >= 0.3 is 5.97 Å². The lowest BCUT2D eigenvalue weighted by atomic mass is 10.2. The number of anilines is 1. The number of rotatable bonds is 4. The molecule has 1 atom stereocenters. The molecule has 1 N–H and O–H groups in total. The van der Waals surface area contributed by atoms with Crippen molar-refractivity contribution in [2.24, 2.45) is 0 Å². The van der Waals surface area contributed by atoms with E-state index in [9.17, 15) is 14.9 Å². The number of nitrogens with one attached hydrogen (secondary N) is 1. The predicted molar refractivity (Wildman–Crippen MR) is 63.2 cm³/mol. The highest BCUT2D eigenvalue weighted by Crippen LogP contribution is 2.27. The molecule has 17 heavy (non-hydrogen) atoms. The molecule has 1 aromatic rings. The average molecular weight is 259 g/mol. The molecule has 0 aliphatic carbocycles. The van der Waals surface area contributed by atoms with E-state index < -0.39 is 16.9 Å². The Morgan fingerprint density at radius 1 is 1.59 bits per heavy atom. The smallest absolute Gasteiger partial charge is 0.327 e. The van der Waals surface area contributed by atoms with E-state index in [2.05, 4.69) is 10.1 Å². The molecule has 0 aliphatic heterocycles. The van der Waals surface area contributed by atoms with E-state index in [0.717, 1.165) is 0 Å². The van der Waals surface area contributed by atoms with Gasteiger partial charge in [-0.3, -0.25) is 10.1 Å². The van der Waals surface area contributed by atoms with Crippen LogP contribution in [0.2, 0.25) is 5.02 Å². The zero-order chi connectivity index (χ0) is 13.0. The van der Waals surface area contributed by atoms with Crippen molar-refractivity contribution in [3.05, 3.63) is 33.3 Å². The molecule has 0 heterocycles. The number of methoxy groups -OCH3 is 1. The fourth-order valence-electron chi connectivity index (χ4n) is 1.23. The van der Waals surface area contributed by atoms with Gasteiger partial charge in [0.1, 0.15) is 11.1 Å². The van der Waals surface area contributed by atoms with E-state index in [0.29, 0.717) is 5.69 Å². The topological polar surface area (TPSA) is 81.5 Å². The summed E-state index contributed by atoms with van der Waals surface area (Å²) < 4.78 is 4.53. The number of carbonyl (C=O) groups is 1. The van der Waals surface area contributed by atoms with Crippen molar-refractivity contribution in [3.63, 3.8) is 0 Å². The summed E-state index contributed by atoms with van der Waals surface area (Å²) in [5.74, 6) is -0.431. The van der Waals surface area contributed by atoms with Crippen molar-refractivity contribution in [1.82, 2.24) is 0 Å². The van der Waals surface area contributed by atoms with E-state index in [1.165, 1.54) is 25.3 Å². The average Bonchev–Trinajstić information content (AvgIpc) is 2.27. The Hall–Kier alpha value is -1.82. The van der Waals surface area contributed by atoms with Gasteiger partial charge in [0, 0.05) is 11.8 Å². The first kappa shape index (κ1) is 13.2. The largest absolute Gasteiger partial charge is 0.467 e. The highest BCUT2D eigenvalue weighted by atomic mass is 35.5. The van der Waals surface area contributed by atoms with Crippen molar-refractivity contribution < 1.29 is 14.5 Å². The Morgan fingerprint density at radius 3 is 2.71 bits per heavy atom. The van der Waals surface area contributed by atoms with E-state index in [1.54, 1.807) is 6.92 Å². The Bertz CT molecular complexity index is 450. The molecular weight excluding hydrogens is 248 g/mol. The molecule has 0 amide bonds. The number of esters is 1. The summed E-state index contributed by atoms with van der Waals surface area (Å²) in [5.41, 5.74) is 0.335. The summed E-state index contributed by atoms with van der Waals surface area (Å²) in [6.07, 6.45) is 0. The van der Waals surface area contributed by atoms with Gasteiger partial charge in [0.25, 0.3) is 5.69 Å². The van der Waals surface area contributed by atoms with Gasteiger partial charge in [-0.05, 0) is 19.1 Å². The Balaban J connectivity index is 2.84. The summed E-state index contributed by atoms with van der Waals surface area (Å²) in [6.45, 7) is 1.61. The summed E-state index contributed by atoms with van der Waals surface area (Å²) in [6, 6.07) is 3.58. The van der Waals surface area contributed by atoms with E-state index in [4.69, 9.17) is 11.6 Å². The zero-order valence-corrected chi connectivity index (χ0v) is 10.0. The second kappa shape index (κ2) is 5.49. The van der Waals surface area contributed by atoms with Crippen LogP contribution in [-0.4, -0.2) is 24.0 Å². The molecule has 1 unspecified atom stereocenters. The molecule has 0 spiro atoms. The van der Waals surface area contributed by atoms with Gasteiger partial charge in [0.05, 0.1) is 12.0 Å². The summed E-state index contributed by atoms with van der Waals surface area (Å²) >= 11 is 5.72. The van der Waals surface area contributed by atoms with E-state index >= 15 is 0 Å². The quantitative estimate of drug-likeness (QED) is 0.509. The summed E-state index contributed by atoms with van der Waals surface area (Å²) in [4.78, 5) is 21.1. The van der Waals surface area contributed by atoms with Crippen molar-refractivity contribution in [3.8, 4) is 0 Å². The molecule has 0 saturated carbocycles. The highest BCUT2D eigenvalue weighted by Gasteiger charge is 2.15. The summed E-state index contributed by atoms with van der Waals surface area (Å²) in [7, 11) is 1.28. The minimum absolute atomic E-state index is 0.0112. The highest BCUT2D eigenvalue weighted by molar-refractivity contribution is 6.32. The molecular formula is C10H11ClN2O4. The van der Waals surface area contributed by atoms with Crippen LogP contribution in [0.25, 0.3) is 0 Å². The van der Waals surface area contributed by atoms with E-state index in [1.807, 2.05) is 0 Å². The fourth-order valence-corrected chi connectivity index (χ4v) is 1.48. The Labute approximate surface area is 103 Å². The first-order valence-electron chi connectivity index (χ1n) is 4.74. The lowest BCUT2D eigenvalue weighted by Gasteiger charge is -2.12. The maximum atomic E-state index is 11.2. The van der Waals surface area contributed by atoms with Crippen molar-refractivity contribution in [1.29, 1.82) is 0 Å². The van der Waals surface area contributed by atoms with Crippen LogP contribution in [0.5, 0.6) is 0 Å². The van der Waals surface area contributed by atoms with Crippen molar-refractivity contribution in [2.75, 3.05) is 12.4 Å². The van der Waals surface area contributed by atoms with Crippen LogP contribution in [0.1, 0.15) is 6.92 Å². The minimum atomic E-state index is -0.574. The van der Waals surface area contributed by atoms with Crippen LogP contribution >= 0.6 is 11.6 Å². The normalized spacial score (nSPS) is 11.7. The van der Waals surface area contributed by atoms with Crippen LogP contribution in [0.4, 0.5) is 11.4 Å². The molecule has 0 fully saturated rings. The lowest BCUT2D eigenvalue weighted by Crippen LogP contribution is -2.27. The Morgan fingerprint density at radius 2 is 2.24 bits per heavy atom. The van der Waals surface area contributed by atoms with Crippen LogP contribution in [0.3, 0.4) is 0 Å². The molecule has 0 radical (unpaired) electrons. The predicted octanol–water partition coefficient (Wildman–Crippen LogP) is 2.22. The van der Waals surface area contributed by atoms with E-state index in [-0.39, 0.29) is 10.7 Å². The number of hydrogen-bond acceptors (Lipinski definition) is 5. The lowest BCUT2D eigenvalue weighted by molar-refractivity contribution is -0.384. The molecule has 0 bridgehead atoms. The molecule has 7 heteroatoms. The van der Waals surface area contributed by atoms with Gasteiger partial charge in [-0.25, -0.2) is 4.79 Å². The zero-order valence-electron chi connectivity index (χ0n) is 9.27. The summed E-state index contributed by atoms with van der Waals surface area (Å²) in [5, 5.41) is 13.4. The van der Waals surface area contributed by atoms with Gasteiger partial charge in [0.2, 0.25) is 0 Å². The first-order valence-corrected chi connectivity index (χ1v) is 5.11. The van der Waals surface area contributed by atoms with Crippen LogP contribution in [0, 0.1) is 10.1 Å². The number of halogens is 1. The van der Waals surface area contributed by atoms with Crippen LogP contribution < -0.4 is 5.32 Å². The number of nitrogens with zero attached hydrogens (tertiary/aromatic N) is 1. The molecule has 0 saturated heterocycles. The molecule has 0 aromatic heterocycles. The maximum absolute atomic E-state index is 11.2. The number of hydrogen-bond donors (Lipinski definition) is 1. The van der Waals surface area contributed by atoms with Crippen molar-refractivity contribution >= 4 is 28.9 Å². The molecule has 6 nitrogen and oxygen atoms in total. The number of carbonyl (C=O) groups excluding carboxylic acids is 1. The van der Waals surface area contributed by atoms with Gasteiger partial charge in [-0.1, -0.05) is 11.6 Å². The Kier molecular flexibility index (Phi) is 4.28. The van der Waals surface area contributed by atoms with Crippen LogP contribution in [-0.2, 0) is 9.53 Å². The molecule has 0 aliphatic rings. The number of ether oxygens (including phenoxy) is 1. The number of nitro benzene ring substituents is 1. The first-order chi connectivity index (χ1) is 7.95. The van der Waals surface area contributed by atoms with Gasteiger partial charge < -0.3 is 10.1 Å². The monoisotopic (exact) mass is 258 g/mol. The van der Waals surface area contributed by atoms with Crippen LogP contribution in [0.15, 0.2) is 18.2 Å². The molecule has 92 valence electrons. The third-order valence-corrected chi connectivity index (χ3v) is 2.39. The molecule has 1 aromatic carbocycles. The van der Waals surface area contributed by atoms with Gasteiger partial charge in [0.15, 0.2) is 0 Å². The fraction of sp³-hybridized carbons (Fsp3) is 0.300. The van der Waals surface area contributed by atoms with Gasteiger partial charge in [-0.2, -0.15) is 0 Å².